The smallest absolute Gasteiger partial charge is 0.245 e. The molecule has 6 heteroatoms. The molecule has 3 N–H and O–H groups in total. The number of carbonyl (C=O) groups excluding carboxylic acids is 2. The molecular weight excluding hydrogens is 318 g/mol. The van der Waals surface area contributed by atoms with Crippen LogP contribution in [0.2, 0.25) is 0 Å². The second-order valence-corrected chi connectivity index (χ2v) is 7.44. The molecule has 0 radical (unpaired) electrons. The van der Waals surface area contributed by atoms with Gasteiger partial charge in [-0.3, -0.25) is 9.59 Å². The highest BCUT2D eigenvalue weighted by atomic mass is 16.5. The second kappa shape index (κ2) is 4.73. The van der Waals surface area contributed by atoms with Crippen molar-refractivity contribution in [2.45, 2.75) is 32.1 Å². The molecule has 1 spiro atoms. The molecular formula is C19H17N3O3. The number of benzene rings is 1. The van der Waals surface area contributed by atoms with Crippen molar-refractivity contribution in [2.75, 3.05) is 5.32 Å². The lowest BCUT2D eigenvalue weighted by Crippen LogP contribution is -2.48. The van der Waals surface area contributed by atoms with E-state index in [-0.39, 0.29) is 34.6 Å². The van der Waals surface area contributed by atoms with E-state index in [9.17, 15) is 14.9 Å². The molecule has 0 saturated heterocycles. The minimum Gasteiger partial charge on any atom is -0.444 e. The largest absolute Gasteiger partial charge is 0.444 e. The molecule has 1 aromatic carbocycles. The van der Waals surface area contributed by atoms with E-state index in [1.54, 1.807) is 24.3 Å². The lowest BCUT2D eigenvalue weighted by atomic mass is 9.62. The van der Waals surface area contributed by atoms with Crippen LogP contribution in [0.15, 0.2) is 47.1 Å². The number of hydrogen-bond donors (Lipinski definition) is 2. The standard InChI is InChI=1S/C19H17N3O3/c1-18(2)7-13(23)15-14(8-18)25-16(21)11(9-20)19(15)10-5-3-4-6-12(10)22-17(19)24/h3-6H,7-8,21H2,1-2H3,(H,22,24)/t19-/m1/s1. The predicted octanol–water partition coefficient (Wildman–Crippen LogP) is 2.24. The van der Waals surface area contributed by atoms with E-state index < -0.39 is 11.3 Å². The summed E-state index contributed by atoms with van der Waals surface area (Å²) in [5.41, 5.74) is 5.58. The molecule has 1 aromatic rings. The van der Waals surface area contributed by atoms with Gasteiger partial charge in [-0.15, -0.1) is 0 Å². The molecule has 0 aromatic heterocycles. The number of ketones is 1. The maximum Gasteiger partial charge on any atom is 0.245 e. The number of anilines is 1. The molecule has 6 nitrogen and oxygen atoms in total. The quantitative estimate of drug-likeness (QED) is 0.756. The van der Waals surface area contributed by atoms with E-state index in [2.05, 4.69) is 5.32 Å². The maximum atomic E-state index is 13.1. The Morgan fingerprint density at radius 3 is 2.68 bits per heavy atom. The number of allylic oxidation sites excluding steroid dienone is 1. The van der Waals surface area contributed by atoms with Crippen LogP contribution in [0.4, 0.5) is 5.69 Å². The number of fused-ring (bicyclic) bond motifs is 3. The van der Waals surface area contributed by atoms with Crippen molar-refractivity contribution in [3.8, 4) is 6.07 Å². The average molecular weight is 335 g/mol. The SMILES string of the molecule is CC1(C)CC(=O)C2=C(C1)OC(N)=C(C#N)[C@@]21C(=O)Nc2ccccc21. The lowest BCUT2D eigenvalue weighted by molar-refractivity contribution is -0.124. The number of ether oxygens (including phenoxy) is 1. The van der Waals surface area contributed by atoms with Crippen LogP contribution in [0.5, 0.6) is 0 Å². The summed E-state index contributed by atoms with van der Waals surface area (Å²) in [6.07, 6.45) is 0.760. The Kier molecular flexibility index (Phi) is 2.92. The molecule has 2 aliphatic heterocycles. The van der Waals surface area contributed by atoms with Gasteiger partial charge in [-0.05, 0) is 11.5 Å². The molecule has 1 aliphatic carbocycles. The van der Waals surface area contributed by atoms with Gasteiger partial charge in [-0.25, -0.2) is 0 Å². The summed E-state index contributed by atoms with van der Waals surface area (Å²) >= 11 is 0. The van der Waals surface area contributed by atoms with Gasteiger partial charge in [0.2, 0.25) is 11.8 Å². The molecule has 25 heavy (non-hydrogen) atoms. The molecule has 4 rings (SSSR count). The van der Waals surface area contributed by atoms with Crippen molar-refractivity contribution in [2.24, 2.45) is 11.1 Å². The van der Waals surface area contributed by atoms with Crippen molar-refractivity contribution in [3.05, 3.63) is 52.6 Å². The first-order valence-electron chi connectivity index (χ1n) is 8.07. The van der Waals surface area contributed by atoms with E-state index >= 15 is 0 Å². The molecule has 3 aliphatic rings. The van der Waals surface area contributed by atoms with Crippen molar-refractivity contribution < 1.29 is 14.3 Å². The van der Waals surface area contributed by atoms with Crippen LogP contribution < -0.4 is 11.1 Å². The van der Waals surface area contributed by atoms with E-state index in [1.807, 2.05) is 19.9 Å². The third kappa shape index (κ3) is 1.84. The number of amides is 1. The van der Waals surface area contributed by atoms with Crippen molar-refractivity contribution in [3.63, 3.8) is 0 Å². The highest BCUT2D eigenvalue weighted by molar-refractivity contribution is 6.19. The monoisotopic (exact) mass is 335 g/mol. The number of nitriles is 1. The van der Waals surface area contributed by atoms with Crippen molar-refractivity contribution >= 4 is 17.4 Å². The second-order valence-electron chi connectivity index (χ2n) is 7.44. The predicted molar refractivity (Wildman–Crippen MR) is 89.7 cm³/mol. The highest BCUT2D eigenvalue weighted by Crippen LogP contribution is 2.55. The van der Waals surface area contributed by atoms with Gasteiger partial charge in [0.25, 0.3) is 0 Å². The van der Waals surface area contributed by atoms with Crippen LogP contribution >= 0.6 is 0 Å². The zero-order valence-electron chi connectivity index (χ0n) is 14.0. The maximum absolute atomic E-state index is 13.1. The summed E-state index contributed by atoms with van der Waals surface area (Å²) in [7, 11) is 0. The summed E-state index contributed by atoms with van der Waals surface area (Å²) in [4.78, 5) is 26.1. The zero-order valence-corrected chi connectivity index (χ0v) is 14.0. The Morgan fingerprint density at radius 1 is 1.24 bits per heavy atom. The zero-order chi connectivity index (χ0) is 18.0. The average Bonchev–Trinajstić information content (AvgIpc) is 2.79. The Balaban J connectivity index is 2.09. The number of para-hydroxylation sites is 1. The van der Waals surface area contributed by atoms with Crippen LogP contribution in [0.1, 0.15) is 32.3 Å². The third-order valence-corrected chi connectivity index (χ3v) is 5.10. The molecule has 0 fully saturated rings. The van der Waals surface area contributed by atoms with Gasteiger partial charge >= 0.3 is 0 Å². The minimum atomic E-state index is -1.52. The Bertz CT molecular complexity index is 949. The fourth-order valence-corrected chi connectivity index (χ4v) is 4.16. The number of Topliss-reactive ketones (excluding diaryl/α,β-unsaturated/α-hetero) is 1. The molecule has 0 saturated carbocycles. The first-order valence-corrected chi connectivity index (χ1v) is 8.07. The molecule has 1 atom stereocenters. The fraction of sp³-hybridized carbons (Fsp3) is 0.316. The molecule has 0 unspecified atom stereocenters. The van der Waals surface area contributed by atoms with Gasteiger partial charge in [0.15, 0.2) is 5.78 Å². The normalized spacial score (nSPS) is 26.8. The first-order chi connectivity index (χ1) is 11.8. The third-order valence-electron chi connectivity index (χ3n) is 5.10. The van der Waals surface area contributed by atoms with Gasteiger partial charge in [-0.1, -0.05) is 32.0 Å². The van der Waals surface area contributed by atoms with E-state index in [0.29, 0.717) is 23.4 Å². The van der Waals surface area contributed by atoms with Crippen LogP contribution in [0.25, 0.3) is 0 Å². The molecule has 1 amide bonds. The number of nitrogens with two attached hydrogens (primary N) is 1. The van der Waals surface area contributed by atoms with Crippen molar-refractivity contribution in [1.29, 1.82) is 5.26 Å². The number of nitrogens with zero attached hydrogens (tertiary/aromatic N) is 1. The van der Waals surface area contributed by atoms with Crippen LogP contribution in [0.3, 0.4) is 0 Å². The van der Waals surface area contributed by atoms with Crippen LogP contribution in [-0.2, 0) is 19.7 Å². The first kappa shape index (κ1) is 15.5. The molecule has 2 heterocycles. The van der Waals surface area contributed by atoms with Gasteiger partial charge in [0.05, 0.1) is 5.57 Å². The van der Waals surface area contributed by atoms with Gasteiger partial charge < -0.3 is 15.8 Å². The number of hydrogen-bond acceptors (Lipinski definition) is 5. The number of nitrogens with one attached hydrogen (secondary N) is 1. The van der Waals surface area contributed by atoms with Gasteiger partial charge in [-0.2, -0.15) is 5.26 Å². The summed E-state index contributed by atoms with van der Waals surface area (Å²) in [5, 5.41) is 12.5. The van der Waals surface area contributed by atoms with E-state index in [0.717, 1.165) is 0 Å². The van der Waals surface area contributed by atoms with Crippen LogP contribution in [-0.4, -0.2) is 11.7 Å². The summed E-state index contributed by atoms with van der Waals surface area (Å²) in [5.74, 6) is -0.335. The highest BCUT2D eigenvalue weighted by Gasteiger charge is 2.60. The summed E-state index contributed by atoms with van der Waals surface area (Å²) in [6.45, 7) is 3.93. The molecule has 126 valence electrons. The Morgan fingerprint density at radius 2 is 1.96 bits per heavy atom. The van der Waals surface area contributed by atoms with Crippen LogP contribution in [0, 0.1) is 16.7 Å². The van der Waals surface area contributed by atoms with E-state index in [4.69, 9.17) is 10.5 Å². The summed E-state index contributed by atoms with van der Waals surface area (Å²) < 4.78 is 5.66. The lowest BCUT2D eigenvalue weighted by Gasteiger charge is -2.41. The summed E-state index contributed by atoms with van der Waals surface area (Å²) in [6, 6.07) is 9.08. The van der Waals surface area contributed by atoms with Gasteiger partial charge in [0.1, 0.15) is 22.8 Å². The number of carbonyl (C=O) groups is 2. The number of rotatable bonds is 0. The Labute approximate surface area is 144 Å². The van der Waals surface area contributed by atoms with Gasteiger partial charge in [0, 0.05) is 24.1 Å². The minimum absolute atomic E-state index is 0.0262. The Hall–Kier alpha value is -3.07. The molecule has 0 bridgehead atoms. The van der Waals surface area contributed by atoms with Crippen molar-refractivity contribution in [1.82, 2.24) is 0 Å². The topological polar surface area (TPSA) is 105 Å². The fourth-order valence-electron chi connectivity index (χ4n) is 4.16. The van der Waals surface area contributed by atoms with E-state index in [1.165, 1.54) is 0 Å².